The minimum Gasteiger partial charge on any atom is -0.378 e. The van der Waals surface area contributed by atoms with Crippen LogP contribution in [0.25, 0.3) is 0 Å². The number of ether oxygens (including phenoxy) is 1. The summed E-state index contributed by atoms with van der Waals surface area (Å²) in [4.78, 5) is 52.0. The molecule has 4 amide bonds. The molecule has 4 aliphatic rings. The van der Waals surface area contributed by atoms with E-state index in [2.05, 4.69) is 20.1 Å². The fraction of sp³-hybridized carbons (Fsp3) is 0.778. The Bertz CT molecular complexity index is 929. The van der Waals surface area contributed by atoms with E-state index in [9.17, 15) is 14.4 Å². The molecule has 1 N–H and O–H groups in total. The number of hydrogen-bond donors (Lipinski definition) is 1. The molecular formula is C27H42N6O4S. The van der Waals surface area contributed by atoms with Crippen molar-refractivity contribution in [2.24, 2.45) is 0 Å². The number of carbonyl (C=O) groups excluding carboxylic acids is 3. The van der Waals surface area contributed by atoms with Crippen molar-refractivity contribution < 1.29 is 19.1 Å². The predicted octanol–water partition coefficient (Wildman–Crippen LogP) is 3.26. The van der Waals surface area contributed by atoms with Crippen LogP contribution in [-0.2, 0) is 9.53 Å². The molecule has 210 valence electrons. The van der Waals surface area contributed by atoms with Crippen molar-refractivity contribution in [1.29, 1.82) is 0 Å². The molecule has 3 heterocycles. The van der Waals surface area contributed by atoms with Crippen LogP contribution in [0.4, 0.5) is 9.93 Å². The molecule has 1 aromatic heterocycles. The van der Waals surface area contributed by atoms with E-state index >= 15 is 0 Å². The first-order valence-corrected chi connectivity index (χ1v) is 15.3. The molecule has 0 radical (unpaired) electrons. The Morgan fingerprint density at radius 2 is 1.47 bits per heavy atom. The minimum atomic E-state index is -0.0595. The normalized spacial score (nSPS) is 22.3. The molecule has 2 saturated heterocycles. The largest absolute Gasteiger partial charge is 0.378 e. The summed E-state index contributed by atoms with van der Waals surface area (Å²) < 4.78 is 5.33. The first kappa shape index (κ1) is 27.3. The van der Waals surface area contributed by atoms with Gasteiger partial charge >= 0.3 is 6.03 Å². The maximum atomic E-state index is 13.5. The van der Waals surface area contributed by atoms with Gasteiger partial charge in [-0.3, -0.25) is 19.8 Å². The van der Waals surface area contributed by atoms with Crippen molar-refractivity contribution in [2.45, 2.75) is 76.3 Å². The van der Waals surface area contributed by atoms with Crippen LogP contribution < -0.4 is 5.32 Å². The molecule has 2 saturated carbocycles. The molecule has 2 aliphatic heterocycles. The van der Waals surface area contributed by atoms with E-state index in [0.717, 1.165) is 25.7 Å². The molecule has 38 heavy (non-hydrogen) atoms. The third-order valence-electron chi connectivity index (χ3n) is 8.48. The van der Waals surface area contributed by atoms with Gasteiger partial charge in [0.25, 0.3) is 5.91 Å². The molecule has 0 atom stereocenters. The van der Waals surface area contributed by atoms with Crippen molar-refractivity contribution >= 4 is 34.3 Å². The number of nitrogens with zero attached hydrogens (tertiary/aromatic N) is 5. The number of rotatable bonds is 6. The number of amides is 4. The number of thiazole rings is 1. The molecule has 4 fully saturated rings. The summed E-state index contributed by atoms with van der Waals surface area (Å²) in [5.41, 5.74) is 0. The lowest BCUT2D eigenvalue weighted by atomic mass is 9.89. The standard InChI is InChI=1S/C27H42N6O4S/c34-24(31-15-17-37-18-16-31)20-30-11-13-32(14-12-30)25(35)23-19-28-26(38-23)29-27(36)33(21-7-3-1-4-8-21)22-9-5-2-6-10-22/h19,21-22H,1-18,20H2,(H,28,29,36). The number of anilines is 1. The number of morpholine rings is 1. The van der Waals surface area contributed by atoms with Gasteiger partial charge in [-0.05, 0) is 25.7 Å². The van der Waals surface area contributed by atoms with Crippen LogP contribution in [-0.4, -0.2) is 114 Å². The fourth-order valence-electron chi connectivity index (χ4n) is 6.30. The Labute approximate surface area is 229 Å². The van der Waals surface area contributed by atoms with Crippen LogP contribution in [0.1, 0.15) is 73.9 Å². The first-order chi connectivity index (χ1) is 18.6. The van der Waals surface area contributed by atoms with Crippen molar-refractivity contribution in [3.63, 3.8) is 0 Å². The maximum Gasteiger partial charge on any atom is 0.324 e. The van der Waals surface area contributed by atoms with Crippen LogP contribution in [0, 0.1) is 0 Å². The number of nitrogens with one attached hydrogen (secondary N) is 1. The maximum absolute atomic E-state index is 13.5. The van der Waals surface area contributed by atoms with Crippen LogP contribution in [0.2, 0.25) is 0 Å². The topological polar surface area (TPSA) is 98.3 Å². The van der Waals surface area contributed by atoms with E-state index in [1.54, 1.807) is 6.20 Å². The SMILES string of the molecule is O=C(CN1CCN(C(=O)c2cnc(NC(=O)N(C3CCCCC3)C3CCCCC3)s2)CC1)N1CCOCC1. The van der Waals surface area contributed by atoms with Crippen molar-refractivity contribution in [3.05, 3.63) is 11.1 Å². The number of aromatic nitrogens is 1. The lowest BCUT2D eigenvalue weighted by Gasteiger charge is -2.41. The summed E-state index contributed by atoms with van der Waals surface area (Å²) in [7, 11) is 0. The van der Waals surface area contributed by atoms with Gasteiger partial charge in [-0.15, -0.1) is 0 Å². The van der Waals surface area contributed by atoms with Gasteiger partial charge in [0, 0.05) is 51.4 Å². The Hall–Kier alpha value is -2.24. The third-order valence-corrected chi connectivity index (χ3v) is 9.38. The highest BCUT2D eigenvalue weighted by Gasteiger charge is 2.33. The number of piperazine rings is 1. The molecule has 0 aromatic carbocycles. The highest BCUT2D eigenvalue weighted by atomic mass is 32.1. The first-order valence-electron chi connectivity index (χ1n) is 14.5. The van der Waals surface area contributed by atoms with Gasteiger partial charge in [-0.2, -0.15) is 0 Å². The molecule has 0 spiro atoms. The zero-order chi connectivity index (χ0) is 26.3. The quantitative estimate of drug-likeness (QED) is 0.588. The van der Waals surface area contributed by atoms with Crippen molar-refractivity contribution in [3.8, 4) is 0 Å². The summed E-state index contributed by atoms with van der Waals surface area (Å²) in [5.74, 6) is 0.0741. The molecule has 0 unspecified atom stereocenters. The Kier molecular flexibility index (Phi) is 9.50. The summed E-state index contributed by atoms with van der Waals surface area (Å²) in [6.45, 7) is 5.38. The summed E-state index contributed by atoms with van der Waals surface area (Å²) in [6, 6.07) is 0.550. The molecule has 11 heteroatoms. The molecule has 1 aromatic rings. The van der Waals surface area contributed by atoms with Gasteiger partial charge in [-0.1, -0.05) is 49.9 Å². The zero-order valence-corrected chi connectivity index (χ0v) is 23.3. The van der Waals surface area contributed by atoms with E-state index in [1.165, 1.54) is 49.9 Å². The predicted molar refractivity (Wildman–Crippen MR) is 146 cm³/mol. The average Bonchev–Trinajstić information content (AvgIpc) is 3.43. The van der Waals surface area contributed by atoms with Crippen molar-refractivity contribution in [1.82, 2.24) is 24.6 Å². The highest BCUT2D eigenvalue weighted by Crippen LogP contribution is 2.31. The van der Waals surface area contributed by atoms with Gasteiger partial charge in [-0.25, -0.2) is 9.78 Å². The van der Waals surface area contributed by atoms with Gasteiger partial charge in [0.1, 0.15) is 4.88 Å². The highest BCUT2D eigenvalue weighted by molar-refractivity contribution is 7.17. The average molecular weight is 547 g/mol. The van der Waals surface area contributed by atoms with Crippen LogP contribution in [0.15, 0.2) is 6.20 Å². The van der Waals surface area contributed by atoms with E-state index in [1.807, 2.05) is 9.80 Å². The lowest BCUT2D eigenvalue weighted by Crippen LogP contribution is -2.52. The second-order valence-electron chi connectivity index (χ2n) is 11.0. The smallest absolute Gasteiger partial charge is 0.324 e. The van der Waals surface area contributed by atoms with Gasteiger partial charge < -0.3 is 19.4 Å². The van der Waals surface area contributed by atoms with Gasteiger partial charge in [0.15, 0.2) is 5.13 Å². The van der Waals surface area contributed by atoms with Gasteiger partial charge in [0.05, 0.1) is 26.0 Å². The Balaban J connectivity index is 1.13. The third kappa shape index (κ3) is 6.84. The molecule has 5 rings (SSSR count). The fourth-order valence-corrected chi connectivity index (χ4v) is 7.08. The summed E-state index contributed by atoms with van der Waals surface area (Å²) in [6.07, 6.45) is 13.2. The summed E-state index contributed by atoms with van der Waals surface area (Å²) >= 11 is 1.26. The van der Waals surface area contributed by atoms with Crippen LogP contribution in [0.3, 0.4) is 0 Å². The zero-order valence-electron chi connectivity index (χ0n) is 22.4. The number of carbonyl (C=O) groups is 3. The Morgan fingerprint density at radius 1 is 0.868 bits per heavy atom. The lowest BCUT2D eigenvalue weighted by molar-refractivity contribution is -0.136. The molecule has 0 bridgehead atoms. The van der Waals surface area contributed by atoms with E-state index in [0.29, 0.717) is 81.1 Å². The monoisotopic (exact) mass is 546 g/mol. The molecule has 10 nitrogen and oxygen atoms in total. The Morgan fingerprint density at radius 3 is 2.08 bits per heavy atom. The number of urea groups is 1. The van der Waals surface area contributed by atoms with Gasteiger partial charge in [0.2, 0.25) is 5.91 Å². The van der Waals surface area contributed by atoms with E-state index in [4.69, 9.17) is 4.74 Å². The van der Waals surface area contributed by atoms with Crippen LogP contribution >= 0.6 is 11.3 Å². The second-order valence-corrected chi connectivity index (χ2v) is 12.0. The number of hydrogen-bond acceptors (Lipinski definition) is 7. The molecular weight excluding hydrogens is 504 g/mol. The van der Waals surface area contributed by atoms with E-state index in [-0.39, 0.29) is 17.8 Å². The second kappa shape index (κ2) is 13.2. The minimum absolute atomic E-state index is 0.0569. The van der Waals surface area contributed by atoms with E-state index < -0.39 is 0 Å². The summed E-state index contributed by atoms with van der Waals surface area (Å²) in [5, 5.41) is 3.53. The van der Waals surface area contributed by atoms with Crippen LogP contribution in [0.5, 0.6) is 0 Å². The van der Waals surface area contributed by atoms with Crippen molar-refractivity contribution in [2.75, 3.05) is 64.3 Å². The molecule has 2 aliphatic carbocycles.